The fraction of sp³-hybridized carbons (Fsp3) is 0.474. The molecule has 6 heteroatoms. The van der Waals surface area contributed by atoms with E-state index in [0.717, 1.165) is 43.3 Å². The lowest BCUT2D eigenvalue weighted by Crippen LogP contribution is -2.38. The Labute approximate surface area is 150 Å². The molecule has 0 aliphatic rings. The van der Waals surface area contributed by atoms with E-state index < -0.39 is 0 Å². The highest BCUT2D eigenvalue weighted by Gasteiger charge is 2.04. The van der Waals surface area contributed by atoms with Crippen LogP contribution in [-0.2, 0) is 13.1 Å². The van der Waals surface area contributed by atoms with Crippen LogP contribution in [0.25, 0.3) is 0 Å². The van der Waals surface area contributed by atoms with Crippen molar-refractivity contribution >= 4 is 5.96 Å². The number of aliphatic imine (C=N–C) groups is 1. The first-order valence-corrected chi connectivity index (χ1v) is 8.93. The first-order chi connectivity index (χ1) is 12.2. The van der Waals surface area contributed by atoms with E-state index in [1.165, 1.54) is 5.56 Å². The third-order valence-electron chi connectivity index (χ3n) is 3.72. The molecule has 2 aromatic rings. The van der Waals surface area contributed by atoms with E-state index in [1.54, 1.807) is 6.20 Å². The van der Waals surface area contributed by atoms with Crippen molar-refractivity contribution in [3.8, 4) is 5.75 Å². The molecule has 136 valence electrons. The zero-order chi connectivity index (χ0) is 17.9. The number of aryl methyl sites for hydroxylation is 2. The second-order valence-corrected chi connectivity index (χ2v) is 5.82. The van der Waals surface area contributed by atoms with Crippen LogP contribution < -0.4 is 15.4 Å². The van der Waals surface area contributed by atoms with Gasteiger partial charge < -0.3 is 19.9 Å². The molecule has 6 nitrogen and oxygen atoms in total. The van der Waals surface area contributed by atoms with E-state index in [9.17, 15) is 0 Å². The topological polar surface area (TPSA) is 63.5 Å². The number of hydrogen-bond acceptors (Lipinski definition) is 3. The molecule has 0 aliphatic heterocycles. The molecule has 2 rings (SSSR count). The highest BCUT2D eigenvalue weighted by atomic mass is 16.5. The van der Waals surface area contributed by atoms with Crippen LogP contribution in [-0.4, -0.2) is 35.2 Å². The van der Waals surface area contributed by atoms with E-state index >= 15 is 0 Å². The predicted molar refractivity (Wildman–Crippen MR) is 102 cm³/mol. The Morgan fingerprint density at radius 2 is 2.16 bits per heavy atom. The Kier molecular flexibility index (Phi) is 7.82. The molecule has 0 atom stereocenters. The number of rotatable bonds is 9. The maximum absolute atomic E-state index is 5.73. The van der Waals surface area contributed by atoms with Gasteiger partial charge in [0.2, 0.25) is 0 Å². The minimum absolute atomic E-state index is 0.590. The maximum atomic E-state index is 5.73. The lowest BCUT2D eigenvalue weighted by molar-refractivity contribution is 0.336. The van der Waals surface area contributed by atoms with Gasteiger partial charge in [0.1, 0.15) is 5.75 Å². The highest BCUT2D eigenvalue weighted by Crippen LogP contribution is 2.21. The number of hydrogen-bond donors (Lipinski definition) is 2. The normalized spacial score (nSPS) is 11.4. The predicted octanol–water partition coefficient (Wildman–Crippen LogP) is 2.74. The third kappa shape index (κ3) is 6.49. The highest BCUT2D eigenvalue weighted by molar-refractivity contribution is 5.79. The van der Waals surface area contributed by atoms with Crippen LogP contribution in [0.4, 0.5) is 0 Å². The molecule has 0 amide bonds. The number of aromatic nitrogens is 2. The van der Waals surface area contributed by atoms with Crippen LogP contribution in [0.2, 0.25) is 0 Å². The van der Waals surface area contributed by atoms with Crippen LogP contribution in [0.15, 0.2) is 41.9 Å². The number of guanidine groups is 1. The van der Waals surface area contributed by atoms with Crippen molar-refractivity contribution in [1.82, 2.24) is 20.2 Å². The van der Waals surface area contributed by atoms with Crippen LogP contribution >= 0.6 is 0 Å². The zero-order valence-electron chi connectivity index (χ0n) is 15.5. The summed E-state index contributed by atoms with van der Waals surface area (Å²) in [5.74, 6) is 1.75. The van der Waals surface area contributed by atoms with Gasteiger partial charge >= 0.3 is 0 Å². The first-order valence-electron chi connectivity index (χ1n) is 8.93. The molecular weight excluding hydrogens is 314 g/mol. The summed E-state index contributed by atoms with van der Waals surface area (Å²) in [6.45, 7) is 10.0. The van der Waals surface area contributed by atoms with Crippen LogP contribution in [0, 0.1) is 6.92 Å². The monoisotopic (exact) mass is 343 g/mol. The van der Waals surface area contributed by atoms with E-state index in [-0.39, 0.29) is 0 Å². The Morgan fingerprint density at radius 3 is 2.88 bits per heavy atom. The smallest absolute Gasteiger partial charge is 0.191 e. The lowest BCUT2D eigenvalue weighted by Gasteiger charge is -2.13. The molecule has 0 spiro atoms. The van der Waals surface area contributed by atoms with Crippen molar-refractivity contribution in [1.29, 1.82) is 0 Å². The molecule has 0 radical (unpaired) electrons. The summed E-state index contributed by atoms with van der Waals surface area (Å²) < 4.78 is 7.81. The third-order valence-corrected chi connectivity index (χ3v) is 3.72. The second kappa shape index (κ2) is 10.4. The summed E-state index contributed by atoms with van der Waals surface area (Å²) in [5, 5.41) is 6.67. The van der Waals surface area contributed by atoms with E-state index in [0.29, 0.717) is 13.2 Å². The Hall–Kier alpha value is -2.50. The molecule has 1 aromatic heterocycles. The fourth-order valence-electron chi connectivity index (χ4n) is 2.48. The quantitative estimate of drug-likeness (QED) is 0.417. The average Bonchev–Trinajstić information content (AvgIpc) is 3.11. The van der Waals surface area contributed by atoms with Crippen molar-refractivity contribution in [2.45, 2.75) is 40.3 Å². The summed E-state index contributed by atoms with van der Waals surface area (Å²) in [7, 11) is 0. The van der Waals surface area contributed by atoms with Crippen molar-refractivity contribution in [3.05, 3.63) is 48.0 Å². The number of nitrogens with one attached hydrogen (secondary N) is 2. The minimum atomic E-state index is 0.590. The maximum Gasteiger partial charge on any atom is 0.191 e. The van der Waals surface area contributed by atoms with Gasteiger partial charge in [-0.3, -0.25) is 0 Å². The molecule has 2 N–H and O–H groups in total. The summed E-state index contributed by atoms with van der Waals surface area (Å²) in [4.78, 5) is 8.74. The molecule has 1 heterocycles. The number of nitrogens with zero attached hydrogens (tertiary/aromatic N) is 3. The Morgan fingerprint density at radius 1 is 1.28 bits per heavy atom. The first kappa shape index (κ1) is 18.8. The van der Waals surface area contributed by atoms with Gasteiger partial charge in [-0.2, -0.15) is 0 Å². The number of imidazole rings is 1. The molecule has 0 aliphatic carbocycles. The summed E-state index contributed by atoms with van der Waals surface area (Å²) >= 11 is 0. The van der Waals surface area contributed by atoms with Gasteiger partial charge in [0, 0.05) is 37.6 Å². The molecule has 0 fully saturated rings. The van der Waals surface area contributed by atoms with Gasteiger partial charge in [-0.05, 0) is 38.8 Å². The summed E-state index contributed by atoms with van der Waals surface area (Å²) in [6.07, 6.45) is 6.63. The number of ether oxygens (including phenoxy) is 1. The second-order valence-electron chi connectivity index (χ2n) is 5.82. The van der Waals surface area contributed by atoms with Crippen molar-refractivity contribution in [3.63, 3.8) is 0 Å². The zero-order valence-corrected chi connectivity index (χ0v) is 15.5. The van der Waals surface area contributed by atoms with Gasteiger partial charge in [0.25, 0.3) is 0 Å². The summed E-state index contributed by atoms with van der Waals surface area (Å²) in [5.41, 5.74) is 2.30. The van der Waals surface area contributed by atoms with E-state index in [1.807, 2.05) is 19.4 Å². The van der Waals surface area contributed by atoms with Gasteiger partial charge in [0.15, 0.2) is 5.96 Å². The van der Waals surface area contributed by atoms with Gasteiger partial charge in [-0.1, -0.05) is 12.1 Å². The largest absolute Gasteiger partial charge is 0.494 e. The van der Waals surface area contributed by atoms with Crippen molar-refractivity contribution in [2.75, 3.05) is 19.7 Å². The SMILES string of the molecule is CCNC(=NCc1ccc(C)cc1OCC)NCCCn1ccnc1. The van der Waals surface area contributed by atoms with Crippen LogP contribution in [0.3, 0.4) is 0 Å². The fourth-order valence-corrected chi connectivity index (χ4v) is 2.48. The van der Waals surface area contributed by atoms with E-state index in [2.05, 4.69) is 57.2 Å². The van der Waals surface area contributed by atoms with Gasteiger partial charge in [0.05, 0.1) is 19.5 Å². The molecule has 0 saturated heterocycles. The molecule has 0 saturated carbocycles. The van der Waals surface area contributed by atoms with Crippen LogP contribution in [0.1, 0.15) is 31.4 Å². The molecule has 1 aromatic carbocycles. The van der Waals surface area contributed by atoms with E-state index in [4.69, 9.17) is 4.74 Å². The molecule has 25 heavy (non-hydrogen) atoms. The van der Waals surface area contributed by atoms with Crippen LogP contribution in [0.5, 0.6) is 5.75 Å². The standard InChI is InChI=1S/C19H29N5O/c1-4-21-19(22-9-6-11-24-12-10-20-15-24)23-14-17-8-7-16(3)13-18(17)25-5-2/h7-8,10,12-13,15H,4-6,9,11,14H2,1-3H3,(H2,21,22,23). The molecule has 0 bridgehead atoms. The van der Waals surface area contributed by atoms with Gasteiger partial charge in [-0.25, -0.2) is 9.98 Å². The Balaban J connectivity index is 1.90. The number of benzene rings is 1. The van der Waals surface area contributed by atoms with Crippen molar-refractivity contribution < 1.29 is 4.74 Å². The minimum Gasteiger partial charge on any atom is -0.494 e. The van der Waals surface area contributed by atoms with Crippen molar-refractivity contribution in [2.24, 2.45) is 4.99 Å². The Bertz CT molecular complexity index is 652. The lowest BCUT2D eigenvalue weighted by atomic mass is 10.1. The van der Waals surface area contributed by atoms with Gasteiger partial charge in [-0.15, -0.1) is 0 Å². The average molecular weight is 343 g/mol. The molecular formula is C19H29N5O. The summed E-state index contributed by atoms with van der Waals surface area (Å²) in [6, 6.07) is 6.26. The molecule has 0 unspecified atom stereocenters.